The highest BCUT2D eigenvalue weighted by molar-refractivity contribution is 7.89. The molecule has 0 N–H and O–H groups in total. The van der Waals surface area contributed by atoms with Gasteiger partial charge >= 0.3 is 0 Å². The maximum absolute atomic E-state index is 12.7. The Labute approximate surface area is 184 Å². The standard InChI is InChI=1S/C21H32N4O5S/c1-4-23(5-2)21(28)17-22(3)19(26)11-12-20(27)24-13-15-25(16-14-24)31(29,30)18-9-7-6-8-10-18/h6-10H,4-5,11-17H2,1-3H3. The van der Waals surface area contributed by atoms with Gasteiger partial charge in [0.25, 0.3) is 0 Å². The first-order valence-corrected chi connectivity index (χ1v) is 12.0. The minimum Gasteiger partial charge on any atom is -0.342 e. The second-order valence-corrected chi connectivity index (χ2v) is 9.35. The van der Waals surface area contributed by atoms with E-state index in [-0.39, 0.29) is 68.2 Å². The molecule has 0 spiro atoms. The lowest BCUT2D eigenvalue weighted by Crippen LogP contribution is -2.50. The number of carbonyl (C=O) groups is 3. The van der Waals surface area contributed by atoms with Crippen molar-refractivity contribution in [3.63, 3.8) is 0 Å². The Hall–Kier alpha value is -2.46. The van der Waals surface area contributed by atoms with Gasteiger partial charge in [0.1, 0.15) is 0 Å². The summed E-state index contributed by atoms with van der Waals surface area (Å²) in [6.45, 7) is 5.93. The first kappa shape index (κ1) is 24.8. The van der Waals surface area contributed by atoms with E-state index in [0.717, 1.165) is 0 Å². The van der Waals surface area contributed by atoms with Crippen molar-refractivity contribution >= 4 is 27.7 Å². The molecule has 1 fully saturated rings. The molecule has 3 amide bonds. The first-order valence-electron chi connectivity index (χ1n) is 10.5. The molecule has 0 atom stereocenters. The zero-order valence-electron chi connectivity index (χ0n) is 18.5. The van der Waals surface area contributed by atoms with Gasteiger partial charge in [-0.1, -0.05) is 18.2 Å². The molecule has 10 heteroatoms. The van der Waals surface area contributed by atoms with Crippen molar-refractivity contribution in [2.75, 3.05) is 52.9 Å². The summed E-state index contributed by atoms with van der Waals surface area (Å²) in [5.41, 5.74) is 0. The van der Waals surface area contributed by atoms with Crippen molar-refractivity contribution in [3.8, 4) is 0 Å². The number of likely N-dealkylation sites (N-methyl/N-ethyl adjacent to an activating group) is 2. The van der Waals surface area contributed by atoms with Gasteiger partial charge in [-0.15, -0.1) is 0 Å². The van der Waals surface area contributed by atoms with Crippen molar-refractivity contribution in [1.82, 2.24) is 19.0 Å². The third-order valence-electron chi connectivity index (χ3n) is 5.44. The Morgan fingerprint density at radius 1 is 0.903 bits per heavy atom. The predicted molar refractivity (Wildman–Crippen MR) is 117 cm³/mol. The van der Waals surface area contributed by atoms with Gasteiger partial charge in [-0.25, -0.2) is 8.42 Å². The smallest absolute Gasteiger partial charge is 0.243 e. The number of hydrogen-bond donors (Lipinski definition) is 0. The minimum atomic E-state index is -3.57. The number of rotatable bonds is 9. The van der Waals surface area contributed by atoms with Crippen LogP contribution in [0.4, 0.5) is 0 Å². The molecule has 1 aromatic rings. The van der Waals surface area contributed by atoms with E-state index in [1.165, 1.54) is 9.21 Å². The normalized spacial score (nSPS) is 14.9. The molecule has 1 aliphatic rings. The molecule has 0 aliphatic carbocycles. The summed E-state index contributed by atoms with van der Waals surface area (Å²) in [4.78, 5) is 41.7. The molecule has 0 bridgehead atoms. The molecular formula is C21H32N4O5S. The Balaban J connectivity index is 1.80. The van der Waals surface area contributed by atoms with Gasteiger partial charge in [-0.05, 0) is 26.0 Å². The maximum atomic E-state index is 12.7. The third-order valence-corrected chi connectivity index (χ3v) is 7.35. The number of hydrogen-bond acceptors (Lipinski definition) is 5. The van der Waals surface area contributed by atoms with Crippen molar-refractivity contribution in [1.29, 1.82) is 0 Å². The predicted octanol–water partition coefficient (Wildman–Crippen LogP) is 0.627. The van der Waals surface area contributed by atoms with Crippen molar-refractivity contribution in [2.24, 2.45) is 0 Å². The van der Waals surface area contributed by atoms with Crippen LogP contribution in [0.15, 0.2) is 35.2 Å². The SMILES string of the molecule is CCN(CC)C(=O)CN(C)C(=O)CCC(=O)N1CCN(S(=O)(=O)c2ccccc2)CC1. The molecule has 31 heavy (non-hydrogen) atoms. The van der Waals surface area contributed by atoms with Gasteiger partial charge in [0.15, 0.2) is 0 Å². The van der Waals surface area contributed by atoms with E-state index in [2.05, 4.69) is 0 Å². The number of benzene rings is 1. The van der Waals surface area contributed by atoms with Crippen LogP contribution < -0.4 is 0 Å². The molecule has 9 nitrogen and oxygen atoms in total. The fourth-order valence-corrected chi connectivity index (χ4v) is 4.89. The summed E-state index contributed by atoms with van der Waals surface area (Å²) >= 11 is 0. The lowest BCUT2D eigenvalue weighted by molar-refractivity contribution is -0.140. The fourth-order valence-electron chi connectivity index (χ4n) is 3.45. The number of nitrogens with zero attached hydrogens (tertiary/aromatic N) is 4. The summed E-state index contributed by atoms with van der Waals surface area (Å²) in [5, 5.41) is 0. The van der Waals surface area contributed by atoms with Gasteiger partial charge in [-0.2, -0.15) is 4.31 Å². The Kier molecular flexibility index (Phi) is 9.00. The quantitative estimate of drug-likeness (QED) is 0.547. The maximum Gasteiger partial charge on any atom is 0.243 e. The number of amides is 3. The number of carbonyl (C=O) groups excluding carboxylic acids is 3. The molecule has 172 valence electrons. The zero-order chi connectivity index (χ0) is 23.0. The first-order chi connectivity index (χ1) is 14.7. The third kappa shape index (κ3) is 6.51. The summed E-state index contributed by atoms with van der Waals surface area (Å²) in [5.74, 6) is -0.573. The lowest BCUT2D eigenvalue weighted by Gasteiger charge is -2.34. The lowest BCUT2D eigenvalue weighted by atomic mass is 10.2. The Morgan fingerprint density at radius 2 is 1.48 bits per heavy atom. The van der Waals surface area contributed by atoms with E-state index < -0.39 is 10.0 Å². The molecule has 1 heterocycles. The molecular weight excluding hydrogens is 420 g/mol. The van der Waals surface area contributed by atoms with Crippen LogP contribution in [0.2, 0.25) is 0 Å². The monoisotopic (exact) mass is 452 g/mol. The van der Waals surface area contributed by atoms with Crippen LogP contribution >= 0.6 is 0 Å². The van der Waals surface area contributed by atoms with E-state index in [0.29, 0.717) is 13.1 Å². The number of piperazine rings is 1. The molecule has 0 radical (unpaired) electrons. The summed E-state index contributed by atoms with van der Waals surface area (Å²) in [6, 6.07) is 8.22. The summed E-state index contributed by atoms with van der Waals surface area (Å²) in [6.07, 6.45) is 0.0530. The average molecular weight is 453 g/mol. The van der Waals surface area contributed by atoms with E-state index in [4.69, 9.17) is 0 Å². The van der Waals surface area contributed by atoms with Crippen molar-refractivity contribution < 1.29 is 22.8 Å². The topological polar surface area (TPSA) is 98.3 Å². The van der Waals surface area contributed by atoms with E-state index >= 15 is 0 Å². The highest BCUT2D eigenvalue weighted by atomic mass is 32.2. The zero-order valence-corrected chi connectivity index (χ0v) is 19.3. The van der Waals surface area contributed by atoms with Crippen LogP contribution in [0.3, 0.4) is 0 Å². The van der Waals surface area contributed by atoms with Gasteiger partial charge in [-0.3, -0.25) is 14.4 Å². The largest absolute Gasteiger partial charge is 0.342 e. The summed E-state index contributed by atoms with van der Waals surface area (Å²) < 4.78 is 26.7. The van der Waals surface area contributed by atoms with Crippen LogP contribution in [0, 0.1) is 0 Å². The second kappa shape index (κ2) is 11.2. The van der Waals surface area contributed by atoms with E-state index in [1.54, 1.807) is 47.2 Å². The minimum absolute atomic E-state index is 0.00920. The molecule has 0 saturated carbocycles. The molecule has 1 saturated heterocycles. The van der Waals surface area contributed by atoms with Gasteiger partial charge < -0.3 is 14.7 Å². The average Bonchev–Trinajstić information content (AvgIpc) is 2.78. The van der Waals surface area contributed by atoms with Crippen LogP contribution in [-0.2, 0) is 24.4 Å². The van der Waals surface area contributed by atoms with Crippen LogP contribution in [0.5, 0.6) is 0 Å². The summed E-state index contributed by atoms with van der Waals surface area (Å²) in [7, 11) is -2.02. The van der Waals surface area contributed by atoms with Crippen LogP contribution in [0.1, 0.15) is 26.7 Å². The Bertz CT molecular complexity index is 863. The van der Waals surface area contributed by atoms with Crippen LogP contribution in [0.25, 0.3) is 0 Å². The van der Waals surface area contributed by atoms with E-state index in [9.17, 15) is 22.8 Å². The molecule has 1 aliphatic heterocycles. The molecule has 0 unspecified atom stereocenters. The highest BCUT2D eigenvalue weighted by Crippen LogP contribution is 2.17. The highest BCUT2D eigenvalue weighted by Gasteiger charge is 2.30. The van der Waals surface area contributed by atoms with Gasteiger partial charge in [0.05, 0.1) is 11.4 Å². The van der Waals surface area contributed by atoms with Crippen molar-refractivity contribution in [3.05, 3.63) is 30.3 Å². The molecule has 2 rings (SSSR count). The van der Waals surface area contributed by atoms with Gasteiger partial charge in [0, 0.05) is 59.2 Å². The molecule has 1 aromatic carbocycles. The fraction of sp³-hybridized carbons (Fsp3) is 0.571. The Morgan fingerprint density at radius 3 is 2.03 bits per heavy atom. The number of sulfonamides is 1. The van der Waals surface area contributed by atoms with Crippen molar-refractivity contribution in [2.45, 2.75) is 31.6 Å². The second-order valence-electron chi connectivity index (χ2n) is 7.41. The van der Waals surface area contributed by atoms with Crippen LogP contribution in [-0.4, -0.2) is 98.0 Å². The molecule has 0 aromatic heterocycles. The van der Waals surface area contributed by atoms with E-state index in [1.807, 2.05) is 13.8 Å². The van der Waals surface area contributed by atoms with Gasteiger partial charge in [0.2, 0.25) is 27.7 Å².